The molecule has 3 aliphatic carbocycles. The summed E-state index contributed by atoms with van der Waals surface area (Å²) in [6.45, 7) is 4.44. The Morgan fingerprint density at radius 1 is 1.20 bits per heavy atom. The van der Waals surface area contributed by atoms with E-state index in [-0.39, 0.29) is 22.7 Å². The van der Waals surface area contributed by atoms with Crippen molar-refractivity contribution >= 4 is 11.8 Å². The molecule has 3 aliphatic rings. The Bertz CT molecular complexity index is 444. The van der Waals surface area contributed by atoms with Gasteiger partial charge in [0.1, 0.15) is 5.78 Å². The average Bonchev–Trinajstić information content (AvgIpc) is 2.80. The lowest BCUT2D eigenvalue weighted by Gasteiger charge is -2.57. The fourth-order valence-electron chi connectivity index (χ4n) is 5.89. The Morgan fingerprint density at radius 3 is 2.65 bits per heavy atom. The number of rotatable bonds is 1. The molecular formula is C17H26O3. The number of ether oxygens (including phenoxy) is 1. The normalized spacial score (nSPS) is 47.5. The van der Waals surface area contributed by atoms with Crippen LogP contribution in [0.2, 0.25) is 0 Å². The van der Waals surface area contributed by atoms with Crippen LogP contribution >= 0.6 is 0 Å². The van der Waals surface area contributed by atoms with Gasteiger partial charge in [-0.05, 0) is 56.3 Å². The van der Waals surface area contributed by atoms with Crippen molar-refractivity contribution in [3.63, 3.8) is 0 Å². The SMILES string of the molecule is COC(=O)[C@]1(C)CCC[C@@]2(C)[C@H]1CC[C@@H]1C(=O)CC[C@@H]12. The van der Waals surface area contributed by atoms with Gasteiger partial charge >= 0.3 is 5.97 Å². The molecule has 3 nitrogen and oxygen atoms in total. The number of hydrogen-bond acceptors (Lipinski definition) is 3. The van der Waals surface area contributed by atoms with Gasteiger partial charge in [-0.2, -0.15) is 0 Å². The van der Waals surface area contributed by atoms with Gasteiger partial charge in [0.05, 0.1) is 12.5 Å². The van der Waals surface area contributed by atoms with E-state index in [9.17, 15) is 9.59 Å². The number of carbonyl (C=O) groups excluding carboxylic acids is 2. The third kappa shape index (κ3) is 1.71. The summed E-state index contributed by atoms with van der Waals surface area (Å²) in [6, 6.07) is 0. The smallest absolute Gasteiger partial charge is 0.311 e. The van der Waals surface area contributed by atoms with E-state index in [0.29, 0.717) is 17.6 Å². The van der Waals surface area contributed by atoms with E-state index in [1.165, 1.54) is 13.5 Å². The molecule has 0 aromatic rings. The molecule has 0 aromatic carbocycles. The largest absolute Gasteiger partial charge is 0.469 e. The summed E-state index contributed by atoms with van der Waals surface area (Å²) in [5, 5.41) is 0. The van der Waals surface area contributed by atoms with Crippen molar-refractivity contribution in [2.75, 3.05) is 7.11 Å². The van der Waals surface area contributed by atoms with Crippen LogP contribution in [0.1, 0.15) is 58.8 Å². The highest BCUT2D eigenvalue weighted by molar-refractivity contribution is 5.84. The molecule has 3 fully saturated rings. The first kappa shape index (κ1) is 14.1. The first-order valence-electron chi connectivity index (χ1n) is 8.04. The molecule has 20 heavy (non-hydrogen) atoms. The van der Waals surface area contributed by atoms with Crippen LogP contribution in [0.5, 0.6) is 0 Å². The molecule has 0 amide bonds. The van der Waals surface area contributed by atoms with Crippen molar-refractivity contribution in [1.29, 1.82) is 0 Å². The maximum absolute atomic E-state index is 12.4. The second-order valence-corrected chi connectivity index (χ2v) is 7.62. The van der Waals surface area contributed by atoms with E-state index in [0.717, 1.165) is 38.5 Å². The Labute approximate surface area is 121 Å². The highest BCUT2D eigenvalue weighted by Gasteiger charge is 2.60. The maximum Gasteiger partial charge on any atom is 0.311 e. The van der Waals surface area contributed by atoms with Crippen molar-refractivity contribution < 1.29 is 14.3 Å². The van der Waals surface area contributed by atoms with Crippen molar-refractivity contribution in [2.45, 2.75) is 58.8 Å². The van der Waals surface area contributed by atoms with Crippen molar-refractivity contribution in [2.24, 2.45) is 28.6 Å². The summed E-state index contributed by atoms with van der Waals surface area (Å²) in [6.07, 6.45) is 6.96. The van der Waals surface area contributed by atoms with E-state index in [1.807, 2.05) is 0 Å². The number of esters is 1. The van der Waals surface area contributed by atoms with Crippen LogP contribution in [0.15, 0.2) is 0 Å². The number of carbonyl (C=O) groups is 2. The van der Waals surface area contributed by atoms with Gasteiger partial charge in [-0.15, -0.1) is 0 Å². The zero-order chi connectivity index (χ0) is 14.5. The molecule has 0 radical (unpaired) electrons. The zero-order valence-electron chi connectivity index (χ0n) is 12.9. The van der Waals surface area contributed by atoms with Gasteiger partial charge in [0.15, 0.2) is 0 Å². The van der Waals surface area contributed by atoms with Crippen LogP contribution in [-0.4, -0.2) is 18.9 Å². The molecular weight excluding hydrogens is 252 g/mol. The van der Waals surface area contributed by atoms with Crippen LogP contribution in [0, 0.1) is 28.6 Å². The quantitative estimate of drug-likeness (QED) is 0.691. The third-order valence-electron chi connectivity index (χ3n) is 6.84. The minimum atomic E-state index is -0.349. The van der Waals surface area contributed by atoms with Crippen LogP contribution in [0.25, 0.3) is 0 Å². The Hall–Kier alpha value is -0.860. The molecule has 0 bridgehead atoms. The van der Waals surface area contributed by atoms with E-state index < -0.39 is 0 Å². The summed E-state index contributed by atoms with van der Waals surface area (Å²) in [7, 11) is 1.50. The maximum atomic E-state index is 12.4. The Balaban J connectivity index is 1.96. The number of hydrogen-bond donors (Lipinski definition) is 0. The first-order chi connectivity index (χ1) is 9.43. The molecule has 5 atom stereocenters. The highest BCUT2D eigenvalue weighted by Crippen LogP contribution is 2.64. The molecule has 3 saturated carbocycles. The lowest BCUT2D eigenvalue weighted by Crippen LogP contribution is -2.54. The van der Waals surface area contributed by atoms with Crippen LogP contribution in [0.3, 0.4) is 0 Å². The van der Waals surface area contributed by atoms with Crippen molar-refractivity contribution in [3.8, 4) is 0 Å². The third-order valence-corrected chi connectivity index (χ3v) is 6.84. The number of Topliss-reactive ketones (excluding diaryl/α,β-unsaturated/α-hetero) is 1. The standard InChI is InChI=1S/C17H26O3/c1-16-9-4-10-17(2,15(19)20-3)14(16)8-5-11-12(16)6-7-13(11)18/h11-12,14H,4-10H2,1-3H3/t11-,12-,14+,16+,17+/m0/s1. The fourth-order valence-corrected chi connectivity index (χ4v) is 5.89. The molecule has 0 N–H and O–H groups in total. The molecule has 0 aliphatic heterocycles. The summed E-state index contributed by atoms with van der Waals surface area (Å²) >= 11 is 0. The summed E-state index contributed by atoms with van der Waals surface area (Å²) in [4.78, 5) is 24.4. The predicted molar refractivity (Wildman–Crippen MR) is 76.0 cm³/mol. The molecule has 0 heterocycles. The Morgan fingerprint density at radius 2 is 1.95 bits per heavy atom. The number of ketones is 1. The van der Waals surface area contributed by atoms with Gasteiger partial charge in [0.25, 0.3) is 0 Å². The number of methoxy groups -OCH3 is 1. The first-order valence-corrected chi connectivity index (χ1v) is 8.04. The average molecular weight is 278 g/mol. The van der Waals surface area contributed by atoms with Crippen LogP contribution in [-0.2, 0) is 14.3 Å². The highest BCUT2D eigenvalue weighted by atomic mass is 16.5. The Kier molecular flexibility index (Phi) is 3.22. The molecule has 3 rings (SSSR count). The summed E-state index contributed by atoms with van der Waals surface area (Å²) < 4.78 is 5.11. The minimum absolute atomic E-state index is 0.0452. The minimum Gasteiger partial charge on any atom is -0.469 e. The van der Waals surface area contributed by atoms with Crippen molar-refractivity contribution in [1.82, 2.24) is 0 Å². The van der Waals surface area contributed by atoms with Crippen molar-refractivity contribution in [3.05, 3.63) is 0 Å². The van der Waals surface area contributed by atoms with Gasteiger partial charge in [0, 0.05) is 12.3 Å². The monoisotopic (exact) mass is 278 g/mol. The zero-order valence-corrected chi connectivity index (χ0v) is 12.9. The molecule has 0 spiro atoms. The topological polar surface area (TPSA) is 43.4 Å². The molecule has 3 heteroatoms. The lowest BCUT2D eigenvalue weighted by atomic mass is 9.46. The van der Waals surface area contributed by atoms with Crippen LogP contribution < -0.4 is 0 Å². The van der Waals surface area contributed by atoms with E-state index >= 15 is 0 Å². The predicted octanol–water partition coefficient (Wildman–Crippen LogP) is 3.36. The van der Waals surface area contributed by atoms with E-state index in [4.69, 9.17) is 4.74 Å². The second kappa shape index (κ2) is 4.57. The molecule has 0 aromatic heterocycles. The second-order valence-electron chi connectivity index (χ2n) is 7.62. The molecule has 0 unspecified atom stereocenters. The van der Waals surface area contributed by atoms with Gasteiger partial charge in [-0.25, -0.2) is 0 Å². The van der Waals surface area contributed by atoms with Gasteiger partial charge in [0.2, 0.25) is 0 Å². The number of fused-ring (bicyclic) bond motifs is 3. The fraction of sp³-hybridized carbons (Fsp3) is 0.882. The summed E-state index contributed by atoms with van der Waals surface area (Å²) in [5.74, 6) is 1.58. The van der Waals surface area contributed by atoms with Gasteiger partial charge < -0.3 is 4.74 Å². The van der Waals surface area contributed by atoms with Gasteiger partial charge in [-0.3, -0.25) is 9.59 Å². The van der Waals surface area contributed by atoms with E-state index in [2.05, 4.69) is 13.8 Å². The molecule has 0 saturated heterocycles. The molecule has 112 valence electrons. The van der Waals surface area contributed by atoms with E-state index in [1.54, 1.807) is 0 Å². The lowest BCUT2D eigenvalue weighted by molar-refractivity contribution is -0.172. The van der Waals surface area contributed by atoms with Crippen LogP contribution in [0.4, 0.5) is 0 Å². The van der Waals surface area contributed by atoms with Gasteiger partial charge in [-0.1, -0.05) is 13.3 Å². The summed E-state index contributed by atoms with van der Waals surface area (Å²) in [5.41, 5.74) is -0.200.